The Bertz CT molecular complexity index is 776. The van der Waals surface area contributed by atoms with Crippen molar-refractivity contribution in [2.45, 2.75) is 26.7 Å². The first-order valence-electron chi connectivity index (χ1n) is 7.41. The summed E-state index contributed by atoms with van der Waals surface area (Å²) in [6.45, 7) is 4.17. The SMILES string of the molecule is CCc1c(C)nc2c(Cc3ccccc3)cccc2c1N. The number of fused-ring (bicyclic) bond motifs is 1. The second kappa shape index (κ2) is 5.57. The van der Waals surface area contributed by atoms with E-state index in [0.29, 0.717) is 0 Å². The fraction of sp³-hybridized carbons (Fsp3) is 0.211. The van der Waals surface area contributed by atoms with Gasteiger partial charge < -0.3 is 5.73 Å². The lowest BCUT2D eigenvalue weighted by atomic mass is 9.98. The van der Waals surface area contributed by atoms with Gasteiger partial charge in [0, 0.05) is 16.8 Å². The second-order valence-electron chi connectivity index (χ2n) is 5.42. The molecule has 0 atom stereocenters. The molecule has 0 spiro atoms. The van der Waals surface area contributed by atoms with Crippen molar-refractivity contribution in [2.24, 2.45) is 0 Å². The van der Waals surface area contributed by atoms with Gasteiger partial charge in [0.15, 0.2) is 0 Å². The highest BCUT2D eigenvalue weighted by atomic mass is 14.7. The highest BCUT2D eigenvalue weighted by molar-refractivity contribution is 5.94. The second-order valence-corrected chi connectivity index (χ2v) is 5.42. The molecule has 0 unspecified atom stereocenters. The van der Waals surface area contributed by atoms with E-state index in [1.54, 1.807) is 0 Å². The molecule has 0 amide bonds. The van der Waals surface area contributed by atoms with Crippen LogP contribution in [0.15, 0.2) is 48.5 Å². The van der Waals surface area contributed by atoms with E-state index in [2.05, 4.69) is 49.4 Å². The van der Waals surface area contributed by atoms with E-state index in [-0.39, 0.29) is 0 Å². The molecule has 1 heterocycles. The third-order valence-electron chi connectivity index (χ3n) is 4.04. The van der Waals surface area contributed by atoms with Gasteiger partial charge >= 0.3 is 0 Å². The van der Waals surface area contributed by atoms with E-state index in [4.69, 9.17) is 10.7 Å². The van der Waals surface area contributed by atoms with E-state index in [0.717, 1.165) is 35.1 Å². The molecule has 3 aromatic rings. The number of hydrogen-bond acceptors (Lipinski definition) is 2. The fourth-order valence-corrected chi connectivity index (χ4v) is 2.94. The molecule has 2 heteroatoms. The lowest BCUT2D eigenvalue weighted by Gasteiger charge is -2.13. The molecule has 0 aliphatic heterocycles. The van der Waals surface area contributed by atoms with Crippen molar-refractivity contribution >= 4 is 16.6 Å². The maximum absolute atomic E-state index is 6.35. The van der Waals surface area contributed by atoms with Crippen molar-refractivity contribution in [1.29, 1.82) is 0 Å². The molecule has 0 saturated heterocycles. The van der Waals surface area contributed by atoms with Crippen LogP contribution in [0.4, 0.5) is 5.69 Å². The van der Waals surface area contributed by atoms with Crippen molar-refractivity contribution < 1.29 is 0 Å². The van der Waals surface area contributed by atoms with E-state index in [9.17, 15) is 0 Å². The number of benzene rings is 2. The number of nitrogens with two attached hydrogens (primary N) is 1. The summed E-state index contributed by atoms with van der Waals surface area (Å²) in [6.07, 6.45) is 1.80. The molecule has 2 N–H and O–H groups in total. The molecule has 0 bridgehead atoms. The summed E-state index contributed by atoms with van der Waals surface area (Å²) in [4.78, 5) is 4.82. The molecular formula is C19H20N2. The van der Waals surface area contributed by atoms with Gasteiger partial charge in [-0.1, -0.05) is 55.5 Å². The van der Waals surface area contributed by atoms with Gasteiger partial charge in [-0.15, -0.1) is 0 Å². The Balaban J connectivity index is 2.16. The Morgan fingerprint density at radius 1 is 1.00 bits per heavy atom. The minimum Gasteiger partial charge on any atom is -0.398 e. The van der Waals surface area contributed by atoms with Crippen LogP contribution in [0.3, 0.4) is 0 Å². The van der Waals surface area contributed by atoms with Crippen LogP contribution < -0.4 is 5.73 Å². The summed E-state index contributed by atoms with van der Waals surface area (Å²) in [5.41, 5.74) is 13.0. The Kier molecular flexibility index (Phi) is 3.61. The number of aryl methyl sites for hydroxylation is 1. The number of anilines is 1. The molecule has 21 heavy (non-hydrogen) atoms. The first kappa shape index (κ1) is 13.6. The molecule has 106 valence electrons. The average Bonchev–Trinajstić information content (AvgIpc) is 2.50. The topological polar surface area (TPSA) is 38.9 Å². The van der Waals surface area contributed by atoms with Crippen LogP contribution in [0.5, 0.6) is 0 Å². The van der Waals surface area contributed by atoms with Gasteiger partial charge in [0.1, 0.15) is 0 Å². The van der Waals surface area contributed by atoms with Crippen LogP contribution in [-0.2, 0) is 12.8 Å². The number of rotatable bonds is 3. The molecule has 3 rings (SSSR count). The zero-order valence-corrected chi connectivity index (χ0v) is 12.6. The van der Waals surface area contributed by atoms with Gasteiger partial charge in [0.2, 0.25) is 0 Å². The summed E-state index contributed by atoms with van der Waals surface area (Å²) in [5, 5.41) is 1.07. The highest BCUT2D eigenvalue weighted by Crippen LogP contribution is 2.29. The molecular weight excluding hydrogens is 256 g/mol. The first-order chi connectivity index (χ1) is 10.2. The van der Waals surface area contributed by atoms with Gasteiger partial charge in [-0.05, 0) is 36.5 Å². The van der Waals surface area contributed by atoms with Crippen LogP contribution in [0.1, 0.15) is 29.3 Å². The van der Waals surface area contributed by atoms with Crippen LogP contribution in [-0.4, -0.2) is 4.98 Å². The molecule has 0 radical (unpaired) electrons. The molecule has 0 fully saturated rings. The van der Waals surface area contributed by atoms with Crippen molar-refractivity contribution in [3.8, 4) is 0 Å². The number of nitrogen functional groups attached to an aromatic ring is 1. The zero-order chi connectivity index (χ0) is 14.8. The average molecular weight is 276 g/mol. The van der Waals surface area contributed by atoms with Crippen molar-refractivity contribution in [3.63, 3.8) is 0 Å². The van der Waals surface area contributed by atoms with Crippen LogP contribution in [0, 0.1) is 6.92 Å². The smallest absolute Gasteiger partial charge is 0.0761 e. The summed E-state index contributed by atoms with van der Waals surface area (Å²) in [5.74, 6) is 0. The van der Waals surface area contributed by atoms with Crippen molar-refractivity contribution in [2.75, 3.05) is 5.73 Å². The van der Waals surface area contributed by atoms with E-state index < -0.39 is 0 Å². The zero-order valence-electron chi connectivity index (χ0n) is 12.6. The maximum atomic E-state index is 6.35. The predicted molar refractivity (Wildman–Crippen MR) is 89.5 cm³/mol. The standard InChI is InChI=1S/C19H20N2/c1-3-16-13(2)21-19-15(10-7-11-17(19)18(16)20)12-14-8-5-4-6-9-14/h4-11H,3,12H2,1-2H3,(H2,20,21). The molecule has 0 saturated carbocycles. The normalized spacial score (nSPS) is 11.0. The summed E-state index contributed by atoms with van der Waals surface area (Å²) in [6, 6.07) is 16.8. The van der Waals surface area contributed by atoms with E-state index in [1.165, 1.54) is 16.7 Å². The molecule has 2 aromatic carbocycles. The van der Waals surface area contributed by atoms with E-state index in [1.807, 2.05) is 13.0 Å². The van der Waals surface area contributed by atoms with Crippen LogP contribution in [0.25, 0.3) is 10.9 Å². The molecule has 0 aliphatic carbocycles. The first-order valence-corrected chi connectivity index (χ1v) is 7.41. The largest absolute Gasteiger partial charge is 0.398 e. The van der Waals surface area contributed by atoms with Gasteiger partial charge in [-0.25, -0.2) is 0 Å². The number of nitrogens with zero attached hydrogens (tertiary/aromatic N) is 1. The van der Waals surface area contributed by atoms with Gasteiger partial charge in [0.05, 0.1) is 5.52 Å². The van der Waals surface area contributed by atoms with Crippen LogP contribution >= 0.6 is 0 Å². The van der Waals surface area contributed by atoms with Crippen LogP contribution in [0.2, 0.25) is 0 Å². The minimum atomic E-state index is 0.884. The summed E-state index contributed by atoms with van der Waals surface area (Å²) >= 11 is 0. The monoisotopic (exact) mass is 276 g/mol. The third-order valence-corrected chi connectivity index (χ3v) is 4.04. The predicted octanol–water partition coefficient (Wildman–Crippen LogP) is 4.28. The number of pyridine rings is 1. The Morgan fingerprint density at radius 3 is 2.48 bits per heavy atom. The van der Waals surface area contributed by atoms with Gasteiger partial charge in [-0.2, -0.15) is 0 Å². The van der Waals surface area contributed by atoms with Gasteiger partial charge in [-0.3, -0.25) is 4.98 Å². The summed E-state index contributed by atoms with van der Waals surface area (Å²) < 4.78 is 0. The molecule has 2 nitrogen and oxygen atoms in total. The number of aromatic nitrogens is 1. The lowest BCUT2D eigenvalue weighted by Crippen LogP contribution is -2.02. The van der Waals surface area contributed by atoms with Gasteiger partial charge in [0.25, 0.3) is 0 Å². The van der Waals surface area contributed by atoms with E-state index >= 15 is 0 Å². The quantitative estimate of drug-likeness (QED) is 0.775. The Morgan fingerprint density at radius 2 is 1.76 bits per heavy atom. The number of para-hydroxylation sites is 1. The number of hydrogen-bond donors (Lipinski definition) is 1. The van der Waals surface area contributed by atoms with Crippen molar-refractivity contribution in [1.82, 2.24) is 4.98 Å². The lowest BCUT2D eigenvalue weighted by molar-refractivity contribution is 1.07. The fourth-order valence-electron chi connectivity index (χ4n) is 2.94. The molecule has 0 aliphatic rings. The Hall–Kier alpha value is -2.35. The minimum absolute atomic E-state index is 0.884. The summed E-state index contributed by atoms with van der Waals surface area (Å²) in [7, 11) is 0. The molecule has 1 aromatic heterocycles. The van der Waals surface area contributed by atoms with Crippen molar-refractivity contribution in [3.05, 3.63) is 70.9 Å². The third kappa shape index (κ3) is 2.49. The Labute approximate surface area is 125 Å². The maximum Gasteiger partial charge on any atom is 0.0761 e. The highest BCUT2D eigenvalue weighted by Gasteiger charge is 2.11.